The molecule has 0 aliphatic rings. The summed E-state index contributed by atoms with van der Waals surface area (Å²) < 4.78 is 0. The topological polar surface area (TPSA) is 40.9 Å². The molecule has 0 spiro atoms. The van der Waals surface area contributed by atoms with Gasteiger partial charge in [-0.05, 0) is 0 Å². The summed E-state index contributed by atoms with van der Waals surface area (Å²) in [7, 11) is 0. The molecule has 0 rings (SSSR count). The van der Waals surface area contributed by atoms with Crippen LogP contribution in [0.15, 0.2) is 0 Å². The zero-order chi connectivity index (χ0) is 7.49. The Morgan fingerprint density at radius 3 is 2.00 bits per heavy atom. The van der Waals surface area contributed by atoms with Crippen molar-refractivity contribution in [1.82, 2.24) is 0 Å². The van der Waals surface area contributed by atoms with Gasteiger partial charge in [0.2, 0.25) is 0 Å². The van der Waals surface area contributed by atoms with Gasteiger partial charge in [0.15, 0.2) is 5.78 Å². The van der Waals surface area contributed by atoms with Crippen LogP contribution in [0.5, 0.6) is 0 Å². The van der Waals surface area contributed by atoms with E-state index in [1.165, 1.54) is 0 Å². The van der Waals surface area contributed by atoms with Crippen molar-refractivity contribution < 1.29 is 4.79 Å². The van der Waals surface area contributed by atoms with Crippen LogP contribution >= 0.6 is 0 Å². The molecule has 51 valence electrons. The number of carbonyl (C=O) groups is 1. The first-order valence-electron chi connectivity index (χ1n) is 2.88. The average molecular weight is 148 g/mol. The molecule has 0 aliphatic heterocycles. The number of nitrogens with zero attached hydrogens (tertiary/aromatic N) is 1. The molecule has 0 aliphatic carbocycles. The molecule has 0 unspecified atom stereocenters. The monoisotopic (exact) mass is 148 g/mol. The first-order valence-corrected chi connectivity index (χ1v) is 2.88. The van der Waals surface area contributed by atoms with E-state index in [1.807, 2.05) is 26.8 Å². The maximum absolute atomic E-state index is 10.8. The van der Waals surface area contributed by atoms with Crippen molar-refractivity contribution in [1.29, 1.82) is 5.26 Å². The number of ketones is 1. The second-order valence-corrected chi connectivity index (χ2v) is 3.01. The third kappa shape index (κ3) is 4.99. The predicted octanol–water partition coefficient (Wildman–Crippen LogP) is 1.13. The van der Waals surface area contributed by atoms with Crippen LogP contribution in [0.25, 0.3) is 0 Å². The Bertz CT molecular complexity index is 152. The van der Waals surface area contributed by atoms with Gasteiger partial charge < -0.3 is 0 Å². The van der Waals surface area contributed by atoms with Gasteiger partial charge in [-0.2, -0.15) is 5.26 Å². The fourth-order valence-electron chi connectivity index (χ4n) is 0.337. The summed E-state index contributed by atoms with van der Waals surface area (Å²) in [5.41, 5.74) is -0.351. The Morgan fingerprint density at radius 2 is 1.90 bits per heavy atom. The quantitative estimate of drug-likeness (QED) is 0.523. The van der Waals surface area contributed by atoms with Crippen molar-refractivity contribution >= 4 is 35.3 Å². The molecule has 0 atom stereocenters. The zero-order valence-corrected chi connectivity index (χ0v) is 9.06. The van der Waals surface area contributed by atoms with E-state index >= 15 is 0 Å². The molecule has 0 fully saturated rings. The standard InChI is InChI=1S/C7H11NO.Na/c1-7(2,3)6(9)4-5-8;/h4H2,1-3H3;. The number of carbonyl (C=O) groups excluding carboxylic acids is 1. The second-order valence-electron chi connectivity index (χ2n) is 3.01. The summed E-state index contributed by atoms with van der Waals surface area (Å²) in [6, 6.07) is 1.82. The molecule has 0 bridgehead atoms. The maximum Gasteiger partial charge on any atom is 0.152 e. The molecule has 0 saturated carbocycles. The number of hydrogen-bond acceptors (Lipinski definition) is 2. The van der Waals surface area contributed by atoms with Crippen LogP contribution < -0.4 is 0 Å². The minimum Gasteiger partial charge on any atom is -0.298 e. The summed E-state index contributed by atoms with van der Waals surface area (Å²) in [5, 5.41) is 8.13. The Kier molecular flexibility index (Phi) is 6.27. The van der Waals surface area contributed by atoms with Crippen molar-refractivity contribution in [2.75, 3.05) is 0 Å². The summed E-state index contributed by atoms with van der Waals surface area (Å²) in [5.74, 6) is 0.00463. The molecule has 0 aromatic rings. The van der Waals surface area contributed by atoms with Gasteiger partial charge in [-0.25, -0.2) is 0 Å². The van der Waals surface area contributed by atoms with Crippen molar-refractivity contribution in [3.63, 3.8) is 0 Å². The summed E-state index contributed by atoms with van der Waals surface area (Å²) >= 11 is 0. The van der Waals surface area contributed by atoms with Crippen LogP contribution in [0.1, 0.15) is 27.2 Å². The van der Waals surface area contributed by atoms with Crippen molar-refractivity contribution in [2.45, 2.75) is 27.2 Å². The van der Waals surface area contributed by atoms with Crippen LogP contribution in [0.3, 0.4) is 0 Å². The minimum absolute atomic E-state index is 0. The van der Waals surface area contributed by atoms with Gasteiger partial charge in [0, 0.05) is 35.0 Å². The van der Waals surface area contributed by atoms with Gasteiger partial charge in [-0.15, -0.1) is 0 Å². The second kappa shape index (κ2) is 4.90. The van der Waals surface area contributed by atoms with E-state index in [0.29, 0.717) is 0 Å². The van der Waals surface area contributed by atoms with Gasteiger partial charge in [0.1, 0.15) is 0 Å². The van der Waals surface area contributed by atoms with Crippen LogP contribution in [0, 0.1) is 16.7 Å². The smallest absolute Gasteiger partial charge is 0.152 e. The van der Waals surface area contributed by atoms with Gasteiger partial charge in [-0.1, -0.05) is 20.8 Å². The Labute approximate surface area is 83.9 Å². The summed E-state index contributed by atoms with van der Waals surface area (Å²) in [6.45, 7) is 5.44. The van der Waals surface area contributed by atoms with Crippen molar-refractivity contribution in [3.05, 3.63) is 0 Å². The largest absolute Gasteiger partial charge is 0.298 e. The molecule has 0 saturated heterocycles. The van der Waals surface area contributed by atoms with E-state index in [0.717, 1.165) is 0 Å². The Morgan fingerprint density at radius 1 is 1.50 bits per heavy atom. The third-order valence-corrected chi connectivity index (χ3v) is 1.08. The number of nitriles is 1. The zero-order valence-electron chi connectivity index (χ0n) is 7.06. The third-order valence-electron chi connectivity index (χ3n) is 1.08. The van der Waals surface area contributed by atoms with Crippen molar-refractivity contribution in [2.24, 2.45) is 5.41 Å². The van der Waals surface area contributed by atoms with E-state index in [4.69, 9.17) is 5.26 Å². The fraction of sp³-hybridized carbons (Fsp3) is 0.714. The van der Waals surface area contributed by atoms with E-state index in [1.54, 1.807) is 0 Å². The number of Topliss-reactive ketones (excluding diaryl/α,β-unsaturated/α-hetero) is 1. The molecular weight excluding hydrogens is 137 g/mol. The van der Waals surface area contributed by atoms with E-state index in [-0.39, 0.29) is 47.2 Å². The molecule has 0 heterocycles. The average Bonchev–Trinajstić information content (AvgIpc) is 1.64. The van der Waals surface area contributed by atoms with Crippen molar-refractivity contribution in [3.8, 4) is 6.07 Å². The maximum atomic E-state index is 10.8. The molecule has 0 amide bonds. The number of rotatable bonds is 1. The summed E-state index contributed by atoms with van der Waals surface area (Å²) in [6.07, 6.45) is 0.0312. The molecule has 10 heavy (non-hydrogen) atoms. The molecule has 0 N–H and O–H groups in total. The summed E-state index contributed by atoms with van der Waals surface area (Å²) in [4.78, 5) is 10.8. The van der Waals surface area contributed by atoms with Gasteiger partial charge in [0.05, 0.1) is 12.5 Å². The van der Waals surface area contributed by atoms with Crippen LogP contribution in [0.4, 0.5) is 0 Å². The first-order chi connectivity index (χ1) is 3.98. The Balaban J connectivity index is 0. The van der Waals surface area contributed by atoms with Crippen LogP contribution in [-0.2, 0) is 4.79 Å². The molecule has 3 heteroatoms. The Hall–Kier alpha value is 0.160. The predicted molar refractivity (Wildman–Crippen MR) is 40.4 cm³/mol. The minimum atomic E-state index is -0.351. The van der Waals surface area contributed by atoms with E-state index in [9.17, 15) is 4.79 Å². The SMILES string of the molecule is CC(C)(C)C(=O)CC#N.[Na]. The fourth-order valence-corrected chi connectivity index (χ4v) is 0.337. The normalized spacial score (nSPS) is 9.40. The van der Waals surface area contributed by atoms with Gasteiger partial charge in [0.25, 0.3) is 0 Å². The van der Waals surface area contributed by atoms with Crippen LogP contribution in [-0.4, -0.2) is 35.3 Å². The molecular formula is C7H11NNaO. The molecule has 0 aromatic heterocycles. The van der Waals surface area contributed by atoms with E-state index in [2.05, 4.69) is 0 Å². The molecule has 2 nitrogen and oxygen atoms in total. The van der Waals surface area contributed by atoms with E-state index < -0.39 is 0 Å². The van der Waals surface area contributed by atoms with Crippen LogP contribution in [0.2, 0.25) is 0 Å². The van der Waals surface area contributed by atoms with Gasteiger partial charge in [-0.3, -0.25) is 4.79 Å². The molecule has 0 aromatic carbocycles. The number of hydrogen-bond donors (Lipinski definition) is 0. The molecule has 1 radical (unpaired) electrons. The first kappa shape index (κ1) is 12.8. The van der Waals surface area contributed by atoms with Gasteiger partial charge >= 0.3 is 0 Å².